The standard InChI is InChI=1S/C14H20N2O3/c1-10(2)9-15-14(19)16-12(8-13(17)18)11-6-4-3-5-7-11/h3-7,10,12H,8-9H2,1-2H3,(H,17,18)(H2,15,16,19). The Morgan fingerprint density at radius 2 is 1.84 bits per heavy atom. The fourth-order valence-corrected chi connectivity index (χ4v) is 1.62. The summed E-state index contributed by atoms with van der Waals surface area (Å²) in [5, 5.41) is 14.3. The van der Waals surface area contributed by atoms with Crippen LogP contribution in [0.1, 0.15) is 31.9 Å². The fraction of sp³-hybridized carbons (Fsp3) is 0.429. The molecule has 5 heteroatoms. The monoisotopic (exact) mass is 264 g/mol. The van der Waals surface area contributed by atoms with E-state index in [0.29, 0.717) is 12.5 Å². The molecule has 5 nitrogen and oxygen atoms in total. The summed E-state index contributed by atoms with van der Waals surface area (Å²) in [6.45, 7) is 4.54. The zero-order valence-corrected chi connectivity index (χ0v) is 11.2. The summed E-state index contributed by atoms with van der Waals surface area (Å²) in [6.07, 6.45) is -0.140. The van der Waals surface area contributed by atoms with Gasteiger partial charge in [0.2, 0.25) is 0 Å². The van der Waals surface area contributed by atoms with E-state index in [1.54, 1.807) is 12.1 Å². The second-order valence-corrected chi connectivity index (χ2v) is 4.81. The minimum absolute atomic E-state index is 0.140. The number of urea groups is 1. The van der Waals surface area contributed by atoms with Gasteiger partial charge in [0.05, 0.1) is 12.5 Å². The zero-order valence-electron chi connectivity index (χ0n) is 11.2. The first kappa shape index (κ1) is 15.0. The van der Waals surface area contributed by atoms with Gasteiger partial charge in [-0.25, -0.2) is 4.79 Å². The molecule has 0 saturated heterocycles. The van der Waals surface area contributed by atoms with Crippen LogP contribution >= 0.6 is 0 Å². The highest BCUT2D eigenvalue weighted by molar-refractivity contribution is 5.76. The van der Waals surface area contributed by atoms with Crippen LogP contribution < -0.4 is 10.6 Å². The van der Waals surface area contributed by atoms with Gasteiger partial charge in [-0.3, -0.25) is 4.79 Å². The summed E-state index contributed by atoms with van der Waals surface area (Å²) in [5.74, 6) is -0.599. The highest BCUT2D eigenvalue weighted by Crippen LogP contribution is 2.16. The molecular formula is C14H20N2O3. The molecule has 0 aliphatic rings. The number of benzene rings is 1. The smallest absolute Gasteiger partial charge is 0.315 e. The Morgan fingerprint density at radius 1 is 1.21 bits per heavy atom. The Kier molecular flexibility index (Phi) is 5.85. The first-order valence-corrected chi connectivity index (χ1v) is 6.30. The molecule has 1 unspecified atom stereocenters. The molecule has 0 aliphatic carbocycles. The molecule has 19 heavy (non-hydrogen) atoms. The fourth-order valence-electron chi connectivity index (χ4n) is 1.62. The van der Waals surface area contributed by atoms with Crippen LogP contribution in [0.2, 0.25) is 0 Å². The minimum Gasteiger partial charge on any atom is -0.481 e. The average molecular weight is 264 g/mol. The number of carbonyl (C=O) groups is 2. The number of hydrogen-bond donors (Lipinski definition) is 3. The van der Waals surface area contributed by atoms with Gasteiger partial charge < -0.3 is 15.7 Å². The molecule has 2 amide bonds. The Balaban J connectivity index is 2.65. The average Bonchev–Trinajstić information content (AvgIpc) is 2.36. The van der Waals surface area contributed by atoms with Gasteiger partial charge in [0.15, 0.2) is 0 Å². The second kappa shape index (κ2) is 7.41. The third-order valence-electron chi connectivity index (χ3n) is 2.56. The second-order valence-electron chi connectivity index (χ2n) is 4.81. The maximum Gasteiger partial charge on any atom is 0.315 e. The van der Waals surface area contributed by atoms with Crippen molar-refractivity contribution in [2.75, 3.05) is 6.54 Å². The zero-order chi connectivity index (χ0) is 14.3. The molecular weight excluding hydrogens is 244 g/mol. The Labute approximate surface area is 113 Å². The summed E-state index contributed by atoms with van der Waals surface area (Å²) < 4.78 is 0. The molecule has 1 aromatic rings. The van der Waals surface area contributed by atoms with Crippen molar-refractivity contribution in [2.24, 2.45) is 5.92 Å². The summed E-state index contributed by atoms with van der Waals surface area (Å²) in [6, 6.07) is 8.22. The van der Waals surface area contributed by atoms with Crippen LogP contribution in [0, 0.1) is 5.92 Å². The third kappa shape index (κ3) is 5.90. The number of carbonyl (C=O) groups excluding carboxylic acids is 1. The number of carboxylic acid groups (broad SMARTS) is 1. The number of hydrogen-bond acceptors (Lipinski definition) is 2. The maximum absolute atomic E-state index is 11.7. The highest BCUT2D eigenvalue weighted by atomic mass is 16.4. The van der Waals surface area contributed by atoms with Crippen molar-refractivity contribution in [3.8, 4) is 0 Å². The van der Waals surface area contributed by atoms with Crippen molar-refractivity contribution in [1.29, 1.82) is 0 Å². The van der Waals surface area contributed by atoms with E-state index in [1.807, 2.05) is 32.0 Å². The summed E-state index contributed by atoms with van der Waals surface area (Å²) >= 11 is 0. The molecule has 0 saturated carbocycles. The van der Waals surface area contributed by atoms with E-state index in [4.69, 9.17) is 5.11 Å². The molecule has 0 heterocycles. The number of aliphatic carboxylic acids is 1. The lowest BCUT2D eigenvalue weighted by Crippen LogP contribution is -2.40. The van der Waals surface area contributed by atoms with Gasteiger partial charge in [-0.15, -0.1) is 0 Å². The summed E-state index contributed by atoms with van der Waals surface area (Å²) in [5.41, 5.74) is 0.782. The number of rotatable bonds is 6. The van der Waals surface area contributed by atoms with Gasteiger partial charge in [0.1, 0.15) is 0 Å². The number of nitrogens with one attached hydrogen (secondary N) is 2. The lowest BCUT2D eigenvalue weighted by atomic mass is 10.0. The quantitative estimate of drug-likeness (QED) is 0.736. The van der Waals surface area contributed by atoms with Crippen LogP contribution in [0.3, 0.4) is 0 Å². The summed E-state index contributed by atoms with van der Waals surface area (Å²) in [4.78, 5) is 22.6. The van der Waals surface area contributed by atoms with Crippen molar-refractivity contribution in [3.63, 3.8) is 0 Å². The topological polar surface area (TPSA) is 78.4 Å². The van der Waals surface area contributed by atoms with Gasteiger partial charge in [-0.2, -0.15) is 0 Å². The third-order valence-corrected chi connectivity index (χ3v) is 2.56. The van der Waals surface area contributed by atoms with Crippen molar-refractivity contribution >= 4 is 12.0 Å². The van der Waals surface area contributed by atoms with E-state index in [-0.39, 0.29) is 12.5 Å². The van der Waals surface area contributed by atoms with E-state index < -0.39 is 12.0 Å². The number of amides is 2. The van der Waals surface area contributed by atoms with Crippen LogP contribution in [-0.4, -0.2) is 23.7 Å². The minimum atomic E-state index is -0.946. The van der Waals surface area contributed by atoms with Gasteiger partial charge in [0.25, 0.3) is 0 Å². The molecule has 3 N–H and O–H groups in total. The molecule has 104 valence electrons. The van der Waals surface area contributed by atoms with E-state index >= 15 is 0 Å². The number of carboxylic acids is 1. The SMILES string of the molecule is CC(C)CNC(=O)NC(CC(=O)O)c1ccccc1. The first-order valence-electron chi connectivity index (χ1n) is 6.30. The van der Waals surface area contributed by atoms with Crippen LogP contribution in [0.5, 0.6) is 0 Å². The molecule has 1 aromatic carbocycles. The Hall–Kier alpha value is -2.04. The van der Waals surface area contributed by atoms with Gasteiger partial charge in [0, 0.05) is 6.54 Å². The molecule has 0 radical (unpaired) electrons. The molecule has 0 fully saturated rings. The van der Waals surface area contributed by atoms with Crippen molar-refractivity contribution in [3.05, 3.63) is 35.9 Å². The highest BCUT2D eigenvalue weighted by Gasteiger charge is 2.17. The molecule has 0 bridgehead atoms. The van der Waals surface area contributed by atoms with Crippen molar-refractivity contribution < 1.29 is 14.7 Å². The largest absolute Gasteiger partial charge is 0.481 e. The predicted molar refractivity (Wildman–Crippen MR) is 72.8 cm³/mol. The van der Waals surface area contributed by atoms with Crippen molar-refractivity contribution in [1.82, 2.24) is 10.6 Å². The Bertz CT molecular complexity index is 418. The molecule has 0 aliphatic heterocycles. The normalized spacial score (nSPS) is 11.9. The van der Waals surface area contributed by atoms with Gasteiger partial charge in [-0.1, -0.05) is 44.2 Å². The first-order chi connectivity index (χ1) is 8.99. The van der Waals surface area contributed by atoms with Crippen LogP contribution in [0.15, 0.2) is 30.3 Å². The summed E-state index contributed by atoms with van der Waals surface area (Å²) in [7, 11) is 0. The van der Waals surface area contributed by atoms with Crippen molar-refractivity contribution in [2.45, 2.75) is 26.3 Å². The molecule has 0 spiro atoms. The van der Waals surface area contributed by atoms with Crippen LogP contribution in [0.25, 0.3) is 0 Å². The Morgan fingerprint density at radius 3 is 2.37 bits per heavy atom. The van der Waals surface area contributed by atoms with E-state index in [9.17, 15) is 9.59 Å². The molecule has 0 aromatic heterocycles. The van der Waals surface area contributed by atoms with Gasteiger partial charge >= 0.3 is 12.0 Å². The van der Waals surface area contributed by atoms with Crippen LogP contribution in [-0.2, 0) is 4.79 Å². The maximum atomic E-state index is 11.7. The predicted octanol–water partition coefficient (Wildman–Crippen LogP) is 2.16. The molecule has 1 atom stereocenters. The van der Waals surface area contributed by atoms with E-state index in [1.165, 1.54) is 0 Å². The lowest BCUT2D eigenvalue weighted by molar-refractivity contribution is -0.137. The van der Waals surface area contributed by atoms with Crippen LogP contribution in [0.4, 0.5) is 4.79 Å². The molecule has 1 rings (SSSR count). The van der Waals surface area contributed by atoms with E-state index in [2.05, 4.69) is 10.6 Å². The lowest BCUT2D eigenvalue weighted by Gasteiger charge is -2.18. The van der Waals surface area contributed by atoms with Gasteiger partial charge in [-0.05, 0) is 11.5 Å². The van der Waals surface area contributed by atoms with E-state index in [0.717, 1.165) is 5.56 Å².